The van der Waals surface area contributed by atoms with E-state index in [1.807, 2.05) is 0 Å². The van der Waals surface area contributed by atoms with Crippen molar-refractivity contribution in [2.45, 2.75) is 38.1 Å². The van der Waals surface area contributed by atoms with E-state index in [-0.39, 0.29) is 23.8 Å². The number of carbonyl (C=O) groups excluding carboxylic acids is 3. The zero-order valence-corrected chi connectivity index (χ0v) is 13.2. The van der Waals surface area contributed by atoms with E-state index in [0.717, 1.165) is 32.1 Å². The summed E-state index contributed by atoms with van der Waals surface area (Å²) >= 11 is 0. The molecular weight excluding hydrogens is 296 g/mol. The van der Waals surface area contributed by atoms with Crippen molar-refractivity contribution < 1.29 is 19.1 Å². The quantitative estimate of drug-likeness (QED) is 0.651. The summed E-state index contributed by atoms with van der Waals surface area (Å²) < 4.78 is 4.86. The zero-order chi connectivity index (χ0) is 16.8. The Morgan fingerprint density at radius 1 is 1.04 bits per heavy atom. The Labute approximate surface area is 135 Å². The Morgan fingerprint density at radius 2 is 1.65 bits per heavy atom. The maximum atomic E-state index is 12.4. The second-order valence-electron chi connectivity index (χ2n) is 5.79. The van der Waals surface area contributed by atoms with Crippen molar-refractivity contribution in [3.63, 3.8) is 0 Å². The van der Waals surface area contributed by atoms with E-state index >= 15 is 0 Å². The summed E-state index contributed by atoms with van der Waals surface area (Å²) in [6, 6.07) is 5.91. The molecule has 2 amide bonds. The topological polar surface area (TPSA) is 98.5 Å². The van der Waals surface area contributed by atoms with Crippen molar-refractivity contribution in [2.75, 3.05) is 7.11 Å². The summed E-state index contributed by atoms with van der Waals surface area (Å²) in [6.45, 7) is 0. The van der Waals surface area contributed by atoms with Crippen LogP contribution in [0.1, 0.15) is 52.8 Å². The molecule has 1 fully saturated rings. The molecule has 0 radical (unpaired) electrons. The normalized spacial score (nSPS) is 21.1. The first kappa shape index (κ1) is 17.0. The van der Waals surface area contributed by atoms with Crippen LogP contribution in [-0.4, -0.2) is 30.9 Å². The Bertz CT molecular complexity index is 583. The van der Waals surface area contributed by atoms with Gasteiger partial charge in [0, 0.05) is 17.2 Å². The first-order chi connectivity index (χ1) is 11.0. The van der Waals surface area contributed by atoms with E-state index in [9.17, 15) is 14.4 Å². The van der Waals surface area contributed by atoms with Crippen LogP contribution in [0.15, 0.2) is 24.3 Å². The maximum Gasteiger partial charge on any atom is 0.310 e. The lowest BCUT2D eigenvalue weighted by Crippen LogP contribution is -2.43. The third kappa shape index (κ3) is 4.31. The van der Waals surface area contributed by atoms with Gasteiger partial charge in [-0.15, -0.1) is 0 Å². The minimum Gasteiger partial charge on any atom is -0.469 e. The van der Waals surface area contributed by atoms with Crippen LogP contribution in [0.25, 0.3) is 0 Å². The molecule has 6 heteroatoms. The van der Waals surface area contributed by atoms with Crippen molar-refractivity contribution in [1.82, 2.24) is 5.32 Å². The van der Waals surface area contributed by atoms with Crippen LogP contribution in [0, 0.1) is 5.92 Å². The number of rotatable bonds is 4. The number of esters is 1. The van der Waals surface area contributed by atoms with Gasteiger partial charge in [-0.3, -0.25) is 14.4 Å². The van der Waals surface area contributed by atoms with Crippen LogP contribution in [0.4, 0.5) is 0 Å². The Kier molecular flexibility index (Phi) is 5.73. The fraction of sp³-hybridized carbons (Fsp3) is 0.471. The van der Waals surface area contributed by atoms with Crippen molar-refractivity contribution in [1.29, 1.82) is 0 Å². The molecule has 23 heavy (non-hydrogen) atoms. The molecular formula is C17H22N2O4. The lowest BCUT2D eigenvalue weighted by atomic mass is 9.94. The summed E-state index contributed by atoms with van der Waals surface area (Å²) in [6.07, 6.45) is 4.45. The Balaban J connectivity index is 2.09. The van der Waals surface area contributed by atoms with Crippen LogP contribution in [0.5, 0.6) is 0 Å². The van der Waals surface area contributed by atoms with E-state index in [1.165, 1.54) is 19.2 Å². The highest BCUT2D eigenvalue weighted by Gasteiger charge is 2.31. The van der Waals surface area contributed by atoms with Crippen molar-refractivity contribution in [3.05, 3.63) is 35.4 Å². The summed E-state index contributed by atoms with van der Waals surface area (Å²) in [4.78, 5) is 35.4. The van der Waals surface area contributed by atoms with E-state index in [0.29, 0.717) is 11.1 Å². The van der Waals surface area contributed by atoms with E-state index in [2.05, 4.69) is 5.32 Å². The van der Waals surface area contributed by atoms with Crippen LogP contribution in [-0.2, 0) is 9.53 Å². The predicted molar refractivity (Wildman–Crippen MR) is 84.8 cm³/mol. The zero-order valence-electron chi connectivity index (χ0n) is 13.2. The molecule has 3 N–H and O–H groups in total. The number of nitrogens with two attached hydrogens (primary N) is 1. The molecule has 0 aromatic heterocycles. The van der Waals surface area contributed by atoms with Gasteiger partial charge in [0.15, 0.2) is 0 Å². The lowest BCUT2D eigenvalue weighted by molar-refractivity contribution is -0.146. The summed E-state index contributed by atoms with van der Waals surface area (Å²) in [7, 11) is 1.37. The van der Waals surface area contributed by atoms with Crippen LogP contribution < -0.4 is 11.1 Å². The standard InChI is InChI=1S/C17H22N2O4/c1-23-17(22)13-5-3-2-4-6-14(13)19-16(21)12-9-7-11(8-10-12)15(18)20/h7-10,13-14H,2-6H2,1H3,(H2,18,20)(H,19,21)/t13-,14+/m1/s1. The Hall–Kier alpha value is -2.37. The molecule has 1 aliphatic rings. The molecule has 0 unspecified atom stereocenters. The van der Waals surface area contributed by atoms with Gasteiger partial charge in [0.25, 0.3) is 5.91 Å². The average molecular weight is 318 g/mol. The van der Waals surface area contributed by atoms with E-state index < -0.39 is 5.91 Å². The SMILES string of the molecule is COC(=O)[C@@H]1CCCCC[C@@H]1NC(=O)c1ccc(C(N)=O)cc1. The number of amides is 2. The number of nitrogens with one attached hydrogen (secondary N) is 1. The fourth-order valence-corrected chi connectivity index (χ4v) is 2.95. The molecule has 0 spiro atoms. The molecule has 2 atom stereocenters. The third-order valence-corrected chi connectivity index (χ3v) is 4.27. The maximum absolute atomic E-state index is 12.4. The first-order valence-electron chi connectivity index (χ1n) is 7.81. The minimum absolute atomic E-state index is 0.228. The third-order valence-electron chi connectivity index (χ3n) is 4.27. The lowest BCUT2D eigenvalue weighted by Gasteiger charge is -2.24. The van der Waals surface area contributed by atoms with Gasteiger partial charge < -0.3 is 15.8 Å². The number of primary amides is 1. The molecule has 0 saturated heterocycles. The highest BCUT2D eigenvalue weighted by atomic mass is 16.5. The van der Waals surface area contributed by atoms with Gasteiger partial charge in [-0.1, -0.05) is 19.3 Å². The molecule has 0 aliphatic heterocycles. The van der Waals surface area contributed by atoms with Crippen molar-refractivity contribution in [3.8, 4) is 0 Å². The average Bonchev–Trinajstić information content (AvgIpc) is 2.79. The minimum atomic E-state index is -0.536. The van der Waals surface area contributed by atoms with Crippen LogP contribution in [0.2, 0.25) is 0 Å². The van der Waals surface area contributed by atoms with Gasteiger partial charge >= 0.3 is 5.97 Å². The Morgan fingerprint density at radius 3 is 2.26 bits per heavy atom. The molecule has 6 nitrogen and oxygen atoms in total. The highest BCUT2D eigenvalue weighted by Crippen LogP contribution is 2.25. The molecule has 124 valence electrons. The fourth-order valence-electron chi connectivity index (χ4n) is 2.95. The smallest absolute Gasteiger partial charge is 0.310 e. The van der Waals surface area contributed by atoms with Gasteiger partial charge in [-0.2, -0.15) is 0 Å². The molecule has 0 heterocycles. The van der Waals surface area contributed by atoms with Crippen molar-refractivity contribution >= 4 is 17.8 Å². The van der Waals surface area contributed by atoms with Gasteiger partial charge in [0.05, 0.1) is 13.0 Å². The molecule has 1 aliphatic carbocycles. The predicted octanol–water partition coefficient (Wildman–Crippen LogP) is 1.64. The number of carbonyl (C=O) groups is 3. The molecule has 1 saturated carbocycles. The van der Waals surface area contributed by atoms with Gasteiger partial charge in [0.2, 0.25) is 5.91 Å². The number of hydrogen-bond acceptors (Lipinski definition) is 4. The molecule has 2 rings (SSSR count). The monoisotopic (exact) mass is 318 g/mol. The first-order valence-corrected chi connectivity index (χ1v) is 7.81. The number of hydrogen-bond donors (Lipinski definition) is 2. The second-order valence-corrected chi connectivity index (χ2v) is 5.79. The van der Waals surface area contributed by atoms with E-state index in [1.54, 1.807) is 12.1 Å². The molecule has 1 aromatic rings. The number of ether oxygens (including phenoxy) is 1. The summed E-state index contributed by atoms with van der Waals surface area (Å²) in [5, 5.41) is 2.93. The number of methoxy groups -OCH3 is 1. The second kappa shape index (κ2) is 7.76. The number of benzene rings is 1. The van der Waals surface area contributed by atoms with Crippen LogP contribution in [0.3, 0.4) is 0 Å². The highest BCUT2D eigenvalue weighted by molar-refractivity contribution is 5.97. The van der Waals surface area contributed by atoms with Crippen molar-refractivity contribution in [2.24, 2.45) is 11.7 Å². The summed E-state index contributed by atoms with van der Waals surface area (Å²) in [5.74, 6) is -1.38. The van der Waals surface area contributed by atoms with Gasteiger partial charge in [0.1, 0.15) is 0 Å². The molecule has 0 bridgehead atoms. The van der Waals surface area contributed by atoms with Gasteiger partial charge in [-0.25, -0.2) is 0 Å². The van der Waals surface area contributed by atoms with Crippen LogP contribution >= 0.6 is 0 Å². The van der Waals surface area contributed by atoms with Gasteiger partial charge in [-0.05, 0) is 37.1 Å². The van der Waals surface area contributed by atoms with E-state index in [4.69, 9.17) is 10.5 Å². The summed E-state index contributed by atoms with van der Waals surface area (Å²) in [5.41, 5.74) is 5.97. The molecule has 1 aromatic carbocycles. The largest absolute Gasteiger partial charge is 0.469 e.